The smallest absolute Gasteiger partial charge is 0.230 e. The van der Waals surface area contributed by atoms with Gasteiger partial charge in [0.2, 0.25) is 11.8 Å². The molecule has 0 spiro atoms. The Labute approximate surface area is 126 Å². The molecule has 0 aliphatic carbocycles. The number of carbonyl (C=O) groups excluding carboxylic acids is 2. The van der Waals surface area contributed by atoms with Gasteiger partial charge in [-0.3, -0.25) is 14.5 Å². The van der Waals surface area contributed by atoms with E-state index >= 15 is 0 Å². The van der Waals surface area contributed by atoms with Gasteiger partial charge in [-0.1, -0.05) is 28.1 Å². The van der Waals surface area contributed by atoms with E-state index in [-0.39, 0.29) is 23.8 Å². The third kappa shape index (κ3) is 2.65. The average Bonchev–Trinajstić information content (AvgIpc) is 2.91. The minimum Gasteiger partial charge on any atom is -0.315 e. The Morgan fingerprint density at radius 3 is 2.55 bits per heavy atom. The molecular formula is C15H17BrN2O2. The van der Waals surface area contributed by atoms with Crippen molar-refractivity contribution in [2.24, 2.45) is 0 Å². The second-order valence-corrected chi connectivity index (χ2v) is 6.38. The van der Waals surface area contributed by atoms with Gasteiger partial charge in [-0.15, -0.1) is 0 Å². The summed E-state index contributed by atoms with van der Waals surface area (Å²) in [6.07, 6.45) is 1.73. The molecule has 4 nitrogen and oxygen atoms in total. The SMILES string of the molecule is O=C1CC(c2cccc(Br)c2)CC(=O)N1C1CCNC1. The Morgan fingerprint density at radius 2 is 1.95 bits per heavy atom. The average molecular weight is 337 g/mol. The van der Waals surface area contributed by atoms with Crippen molar-refractivity contribution in [3.63, 3.8) is 0 Å². The fourth-order valence-electron chi connectivity index (χ4n) is 3.09. The molecule has 0 saturated carbocycles. The third-order valence-electron chi connectivity index (χ3n) is 4.10. The molecule has 2 aliphatic heterocycles. The molecule has 2 fully saturated rings. The number of amides is 2. The molecular weight excluding hydrogens is 320 g/mol. The standard InChI is InChI=1S/C15H17BrN2O2/c16-12-3-1-2-10(6-12)11-7-14(19)18(15(20)8-11)13-4-5-17-9-13/h1-3,6,11,13,17H,4-5,7-9H2. The van der Waals surface area contributed by atoms with Crippen LogP contribution >= 0.6 is 15.9 Å². The molecule has 5 heteroatoms. The van der Waals surface area contributed by atoms with Gasteiger partial charge < -0.3 is 5.32 Å². The number of nitrogens with one attached hydrogen (secondary N) is 1. The van der Waals surface area contributed by atoms with E-state index in [2.05, 4.69) is 21.2 Å². The van der Waals surface area contributed by atoms with Crippen molar-refractivity contribution in [3.05, 3.63) is 34.3 Å². The number of nitrogens with zero attached hydrogens (tertiary/aromatic N) is 1. The predicted molar refractivity (Wildman–Crippen MR) is 79.2 cm³/mol. The number of hydrogen-bond donors (Lipinski definition) is 1. The second kappa shape index (κ2) is 5.66. The lowest BCUT2D eigenvalue weighted by Crippen LogP contribution is -2.49. The summed E-state index contributed by atoms with van der Waals surface area (Å²) in [6.45, 7) is 1.62. The molecule has 2 heterocycles. The van der Waals surface area contributed by atoms with Crippen molar-refractivity contribution in [2.75, 3.05) is 13.1 Å². The van der Waals surface area contributed by atoms with Crippen LogP contribution in [0.1, 0.15) is 30.7 Å². The third-order valence-corrected chi connectivity index (χ3v) is 4.59. The van der Waals surface area contributed by atoms with Crippen LogP contribution in [0.2, 0.25) is 0 Å². The summed E-state index contributed by atoms with van der Waals surface area (Å²) in [5.74, 6) is -0.0436. The van der Waals surface area contributed by atoms with Crippen LogP contribution < -0.4 is 5.32 Å². The highest BCUT2D eigenvalue weighted by molar-refractivity contribution is 9.10. The van der Waals surface area contributed by atoms with E-state index in [0.29, 0.717) is 12.8 Å². The number of likely N-dealkylation sites (tertiary alicyclic amines) is 1. The predicted octanol–water partition coefficient (Wildman–Crippen LogP) is 2.04. The summed E-state index contributed by atoms with van der Waals surface area (Å²) in [5, 5.41) is 3.21. The van der Waals surface area contributed by atoms with Gasteiger partial charge in [0.05, 0.1) is 6.04 Å². The summed E-state index contributed by atoms with van der Waals surface area (Å²) in [4.78, 5) is 26.1. The molecule has 2 amide bonds. The van der Waals surface area contributed by atoms with Gasteiger partial charge in [0.15, 0.2) is 0 Å². The number of halogens is 1. The van der Waals surface area contributed by atoms with Crippen molar-refractivity contribution < 1.29 is 9.59 Å². The van der Waals surface area contributed by atoms with Crippen molar-refractivity contribution >= 4 is 27.7 Å². The fraction of sp³-hybridized carbons (Fsp3) is 0.467. The quantitative estimate of drug-likeness (QED) is 0.841. The topological polar surface area (TPSA) is 49.4 Å². The normalized spacial score (nSPS) is 24.4. The summed E-state index contributed by atoms with van der Waals surface area (Å²) in [5.41, 5.74) is 1.06. The van der Waals surface area contributed by atoms with Crippen LogP contribution in [-0.4, -0.2) is 35.8 Å². The minimum absolute atomic E-state index is 0.0121. The lowest BCUT2D eigenvalue weighted by Gasteiger charge is -2.34. The van der Waals surface area contributed by atoms with Gasteiger partial charge >= 0.3 is 0 Å². The van der Waals surface area contributed by atoms with Crippen LogP contribution in [0, 0.1) is 0 Å². The minimum atomic E-state index is -0.0278. The van der Waals surface area contributed by atoms with Gasteiger partial charge in [0.25, 0.3) is 0 Å². The van der Waals surface area contributed by atoms with Crippen LogP contribution in [-0.2, 0) is 9.59 Å². The molecule has 0 aromatic heterocycles. The molecule has 1 N–H and O–H groups in total. The van der Waals surface area contributed by atoms with Gasteiger partial charge in [-0.05, 0) is 30.7 Å². The van der Waals surface area contributed by atoms with E-state index in [0.717, 1.165) is 29.5 Å². The zero-order valence-electron chi connectivity index (χ0n) is 11.1. The number of piperidine rings is 1. The maximum atomic E-state index is 12.3. The van der Waals surface area contributed by atoms with Crippen molar-refractivity contribution in [3.8, 4) is 0 Å². The second-order valence-electron chi connectivity index (χ2n) is 5.46. The van der Waals surface area contributed by atoms with Gasteiger partial charge in [-0.25, -0.2) is 0 Å². The molecule has 106 valence electrons. The van der Waals surface area contributed by atoms with Crippen molar-refractivity contribution in [1.29, 1.82) is 0 Å². The molecule has 2 aliphatic rings. The van der Waals surface area contributed by atoms with E-state index in [1.165, 1.54) is 4.90 Å². The zero-order valence-corrected chi connectivity index (χ0v) is 12.7. The molecule has 1 aromatic rings. The summed E-state index contributed by atoms with van der Waals surface area (Å²) >= 11 is 3.44. The fourth-order valence-corrected chi connectivity index (χ4v) is 3.51. The first-order chi connectivity index (χ1) is 9.65. The van der Waals surface area contributed by atoms with E-state index in [1.807, 2.05) is 24.3 Å². The van der Waals surface area contributed by atoms with Gasteiger partial charge in [0.1, 0.15) is 0 Å². The maximum absolute atomic E-state index is 12.3. The highest BCUT2D eigenvalue weighted by Gasteiger charge is 2.38. The lowest BCUT2D eigenvalue weighted by atomic mass is 9.88. The molecule has 2 saturated heterocycles. The molecule has 3 rings (SSSR count). The van der Waals surface area contributed by atoms with E-state index in [1.54, 1.807) is 0 Å². The summed E-state index contributed by atoms with van der Waals surface area (Å²) in [7, 11) is 0. The van der Waals surface area contributed by atoms with Crippen LogP contribution in [0.5, 0.6) is 0 Å². The first-order valence-corrected chi connectivity index (χ1v) is 7.75. The molecule has 0 bridgehead atoms. The summed E-state index contributed by atoms with van der Waals surface area (Å²) in [6, 6.07) is 7.94. The number of imide groups is 1. The summed E-state index contributed by atoms with van der Waals surface area (Å²) < 4.78 is 0.984. The van der Waals surface area contributed by atoms with Crippen molar-refractivity contribution in [1.82, 2.24) is 10.2 Å². The van der Waals surface area contributed by atoms with Crippen LogP contribution in [0.4, 0.5) is 0 Å². The monoisotopic (exact) mass is 336 g/mol. The van der Waals surface area contributed by atoms with Gasteiger partial charge in [-0.2, -0.15) is 0 Å². The zero-order chi connectivity index (χ0) is 14.1. The van der Waals surface area contributed by atoms with E-state index < -0.39 is 0 Å². The molecule has 1 atom stereocenters. The molecule has 1 unspecified atom stereocenters. The Balaban J connectivity index is 1.77. The maximum Gasteiger partial charge on any atom is 0.230 e. The van der Waals surface area contributed by atoms with Crippen LogP contribution in [0.3, 0.4) is 0 Å². The Hall–Kier alpha value is -1.20. The molecule has 20 heavy (non-hydrogen) atoms. The Bertz CT molecular complexity index is 522. The number of benzene rings is 1. The highest BCUT2D eigenvalue weighted by atomic mass is 79.9. The molecule has 1 aromatic carbocycles. The van der Waals surface area contributed by atoms with Crippen molar-refractivity contribution in [2.45, 2.75) is 31.2 Å². The number of rotatable bonds is 2. The Morgan fingerprint density at radius 1 is 1.20 bits per heavy atom. The lowest BCUT2D eigenvalue weighted by molar-refractivity contribution is -0.151. The largest absolute Gasteiger partial charge is 0.315 e. The highest BCUT2D eigenvalue weighted by Crippen LogP contribution is 2.32. The number of hydrogen-bond acceptors (Lipinski definition) is 3. The van der Waals surface area contributed by atoms with Gasteiger partial charge in [0, 0.05) is 29.8 Å². The van der Waals surface area contributed by atoms with E-state index in [9.17, 15) is 9.59 Å². The first kappa shape index (κ1) is 13.8. The molecule has 0 radical (unpaired) electrons. The number of carbonyl (C=O) groups is 2. The van der Waals surface area contributed by atoms with E-state index in [4.69, 9.17) is 0 Å². The Kier molecular flexibility index (Phi) is 3.89. The first-order valence-electron chi connectivity index (χ1n) is 6.96. The van der Waals surface area contributed by atoms with Crippen LogP contribution in [0.25, 0.3) is 0 Å². The van der Waals surface area contributed by atoms with Crippen LogP contribution in [0.15, 0.2) is 28.7 Å².